The van der Waals surface area contributed by atoms with Gasteiger partial charge >= 0.3 is 0 Å². The minimum atomic E-state index is 0.838. The molecule has 1 aliphatic heterocycles. The molecule has 3 atom stereocenters. The maximum absolute atomic E-state index is 2.55. The van der Waals surface area contributed by atoms with Crippen molar-refractivity contribution in [1.29, 1.82) is 0 Å². The summed E-state index contributed by atoms with van der Waals surface area (Å²) in [6.45, 7) is 8.21. The van der Waals surface area contributed by atoms with Gasteiger partial charge in [0.15, 0.2) is 0 Å². The number of hydrogen-bond acceptors (Lipinski definition) is 1. The van der Waals surface area contributed by atoms with Crippen molar-refractivity contribution in [3.05, 3.63) is 0 Å². The van der Waals surface area contributed by atoms with Gasteiger partial charge in [-0.15, -0.1) is 0 Å². The van der Waals surface area contributed by atoms with Crippen molar-refractivity contribution in [2.75, 3.05) is 6.54 Å². The first kappa shape index (κ1) is 7.07. The van der Waals surface area contributed by atoms with Gasteiger partial charge in [0.1, 0.15) is 0 Å². The average Bonchev–Trinajstić information content (AvgIpc) is 2.47. The predicted octanol–water partition coefficient (Wildman–Crippen LogP) is 1.88. The summed E-state index contributed by atoms with van der Waals surface area (Å²) in [7, 11) is 0. The Bertz CT molecular complexity index is 90.6. The number of nitrogens with zero attached hydrogens (tertiary/aromatic N) is 1. The smallest absolute Gasteiger partial charge is 0.0198 e. The van der Waals surface area contributed by atoms with Crippen LogP contribution in [0.5, 0.6) is 0 Å². The Morgan fingerprint density at radius 1 is 1.67 bits per heavy atom. The summed E-state index contributed by atoms with van der Waals surface area (Å²) in [5.74, 6) is 0. The van der Waals surface area contributed by atoms with Crippen LogP contribution in [0.3, 0.4) is 0 Å². The van der Waals surface area contributed by atoms with Crippen LogP contribution in [0.25, 0.3) is 0 Å². The second-order valence-corrected chi connectivity index (χ2v) is 3.18. The molecule has 0 spiro atoms. The van der Waals surface area contributed by atoms with Gasteiger partial charge in [0, 0.05) is 18.6 Å². The fraction of sp³-hybridized carbons (Fsp3) is 1.00. The quantitative estimate of drug-likeness (QED) is 0.523. The molecule has 3 unspecified atom stereocenters. The van der Waals surface area contributed by atoms with Crippen LogP contribution >= 0.6 is 0 Å². The van der Waals surface area contributed by atoms with Crippen LogP contribution in [0.1, 0.15) is 33.6 Å². The van der Waals surface area contributed by atoms with E-state index in [1.54, 1.807) is 0 Å². The highest BCUT2D eigenvalue weighted by molar-refractivity contribution is 4.88. The lowest BCUT2D eigenvalue weighted by molar-refractivity contribution is 0.377. The molecule has 1 rings (SSSR count). The maximum atomic E-state index is 2.55. The molecule has 0 aromatic heterocycles. The molecular weight excluding hydrogens is 110 g/mol. The largest absolute Gasteiger partial charge is 0.295 e. The molecule has 1 heteroatoms. The summed E-state index contributed by atoms with van der Waals surface area (Å²) >= 11 is 0. The summed E-state index contributed by atoms with van der Waals surface area (Å²) in [6.07, 6.45) is 2.69. The summed E-state index contributed by atoms with van der Waals surface area (Å²) < 4.78 is 0. The zero-order valence-corrected chi connectivity index (χ0v) is 6.72. The van der Waals surface area contributed by atoms with E-state index in [4.69, 9.17) is 0 Å². The maximum Gasteiger partial charge on any atom is 0.0198 e. The van der Waals surface area contributed by atoms with Gasteiger partial charge < -0.3 is 0 Å². The van der Waals surface area contributed by atoms with Gasteiger partial charge in [0.05, 0.1) is 0 Å². The minimum Gasteiger partial charge on any atom is -0.295 e. The molecule has 0 aliphatic carbocycles. The monoisotopic (exact) mass is 127 g/mol. The van der Waals surface area contributed by atoms with Crippen LogP contribution in [-0.4, -0.2) is 23.5 Å². The first-order chi connectivity index (χ1) is 4.25. The summed E-state index contributed by atoms with van der Waals surface area (Å²) in [4.78, 5) is 2.55. The molecule has 1 saturated heterocycles. The average molecular weight is 127 g/mol. The third-order valence-electron chi connectivity index (χ3n) is 2.18. The van der Waals surface area contributed by atoms with Crippen LogP contribution < -0.4 is 0 Å². The standard InChI is InChI=1S/C8H17N/c1-4-5-7(2)9-6-8(9)3/h7-8H,4-6H2,1-3H3. The normalized spacial score (nSPS) is 36.3. The molecule has 0 aromatic carbocycles. The third-order valence-corrected chi connectivity index (χ3v) is 2.18. The highest BCUT2D eigenvalue weighted by Gasteiger charge is 2.32. The van der Waals surface area contributed by atoms with E-state index in [0.29, 0.717) is 0 Å². The molecule has 0 saturated carbocycles. The van der Waals surface area contributed by atoms with Crippen LogP contribution in [0.2, 0.25) is 0 Å². The molecule has 1 aliphatic rings. The molecular formula is C8H17N. The van der Waals surface area contributed by atoms with E-state index in [9.17, 15) is 0 Å². The van der Waals surface area contributed by atoms with Crippen molar-refractivity contribution in [2.24, 2.45) is 0 Å². The van der Waals surface area contributed by atoms with Crippen molar-refractivity contribution >= 4 is 0 Å². The molecule has 0 bridgehead atoms. The second kappa shape index (κ2) is 2.70. The molecule has 0 N–H and O–H groups in total. The number of rotatable bonds is 3. The molecule has 0 aromatic rings. The van der Waals surface area contributed by atoms with Crippen molar-refractivity contribution in [3.8, 4) is 0 Å². The highest BCUT2D eigenvalue weighted by atomic mass is 15.3. The van der Waals surface area contributed by atoms with E-state index >= 15 is 0 Å². The van der Waals surface area contributed by atoms with E-state index < -0.39 is 0 Å². The lowest BCUT2D eigenvalue weighted by Crippen LogP contribution is -2.14. The van der Waals surface area contributed by atoms with Crippen LogP contribution in [-0.2, 0) is 0 Å². The van der Waals surface area contributed by atoms with E-state index in [-0.39, 0.29) is 0 Å². The zero-order valence-electron chi connectivity index (χ0n) is 6.72. The summed E-state index contributed by atoms with van der Waals surface area (Å²) in [5, 5.41) is 0. The number of hydrogen-bond donors (Lipinski definition) is 0. The van der Waals surface area contributed by atoms with Crippen molar-refractivity contribution in [3.63, 3.8) is 0 Å². The van der Waals surface area contributed by atoms with Gasteiger partial charge in [-0.2, -0.15) is 0 Å². The van der Waals surface area contributed by atoms with E-state index in [1.807, 2.05) is 0 Å². The fourth-order valence-electron chi connectivity index (χ4n) is 1.46. The van der Waals surface area contributed by atoms with Gasteiger partial charge in [-0.25, -0.2) is 0 Å². The van der Waals surface area contributed by atoms with Crippen LogP contribution in [0.4, 0.5) is 0 Å². The van der Waals surface area contributed by atoms with Crippen molar-refractivity contribution in [2.45, 2.75) is 45.7 Å². The fourth-order valence-corrected chi connectivity index (χ4v) is 1.46. The van der Waals surface area contributed by atoms with Crippen molar-refractivity contribution in [1.82, 2.24) is 4.90 Å². The van der Waals surface area contributed by atoms with Gasteiger partial charge in [-0.05, 0) is 20.3 Å². The van der Waals surface area contributed by atoms with Crippen molar-refractivity contribution < 1.29 is 0 Å². The molecule has 0 radical (unpaired) electrons. The molecule has 9 heavy (non-hydrogen) atoms. The SMILES string of the molecule is CCCC(C)N1CC1C. The Morgan fingerprint density at radius 2 is 2.22 bits per heavy atom. The highest BCUT2D eigenvalue weighted by Crippen LogP contribution is 2.22. The molecule has 1 nitrogen and oxygen atoms in total. The summed E-state index contributed by atoms with van der Waals surface area (Å²) in [6, 6.07) is 1.72. The van der Waals surface area contributed by atoms with Gasteiger partial charge in [-0.3, -0.25) is 4.90 Å². The lowest BCUT2D eigenvalue weighted by Gasteiger charge is -2.10. The Kier molecular flexibility index (Phi) is 2.12. The van der Waals surface area contributed by atoms with E-state index in [1.165, 1.54) is 19.4 Å². The predicted molar refractivity (Wildman–Crippen MR) is 40.5 cm³/mol. The van der Waals surface area contributed by atoms with Gasteiger partial charge in [-0.1, -0.05) is 13.3 Å². The summed E-state index contributed by atoms with van der Waals surface area (Å²) in [5.41, 5.74) is 0. The first-order valence-electron chi connectivity index (χ1n) is 4.01. The third kappa shape index (κ3) is 1.68. The Morgan fingerprint density at radius 3 is 2.56 bits per heavy atom. The lowest BCUT2D eigenvalue weighted by atomic mass is 10.2. The molecule has 1 heterocycles. The first-order valence-corrected chi connectivity index (χ1v) is 4.01. The van der Waals surface area contributed by atoms with E-state index in [0.717, 1.165) is 12.1 Å². The Labute approximate surface area is 58.0 Å². The van der Waals surface area contributed by atoms with Gasteiger partial charge in [0.25, 0.3) is 0 Å². The molecule has 1 fully saturated rings. The Hall–Kier alpha value is -0.0400. The Balaban J connectivity index is 2.11. The minimum absolute atomic E-state index is 0.838. The van der Waals surface area contributed by atoms with Crippen LogP contribution in [0, 0.1) is 0 Å². The zero-order chi connectivity index (χ0) is 6.85. The van der Waals surface area contributed by atoms with E-state index in [2.05, 4.69) is 25.7 Å². The van der Waals surface area contributed by atoms with Crippen LogP contribution in [0.15, 0.2) is 0 Å². The second-order valence-electron chi connectivity index (χ2n) is 3.18. The molecule has 54 valence electrons. The molecule has 0 amide bonds. The topological polar surface area (TPSA) is 3.01 Å². The van der Waals surface area contributed by atoms with Gasteiger partial charge in [0.2, 0.25) is 0 Å².